The lowest BCUT2D eigenvalue weighted by atomic mass is 9.88. The Morgan fingerprint density at radius 1 is 0.809 bits per heavy atom. The number of rotatable bonds is 19. The number of thioether (sulfide) groups is 1. The van der Waals surface area contributed by atoms with Crippen LogP contribution in [0.25, 0.3) is 6.08 Å². The van der Waals surface area contributed by atoms with Gasteiger partial charge in [-0.3, -0.25) is 0 Å². The number of anilines is 2. The quantitative estimate of drug-likeness (QED) is 0.110. The maximum Gasteiger partial charge on any atom is 0.136 e. The monoisotopic (exact) mass is 656 g/mol. The Morgan fingerprint density at radius 2 is 1.47 bits per heavy atom. The Morgan fingerprint density at radius 3 is 2.15 bits per heavy atom. The average Bonchev–Trinajstić information content (AvgIpc) is 3.09. The number of ether oxygens (including phenoxy) is 1. The zero-order valence-electron chi connectivity index (χ0n) is 30.8. The van der Waals surface area contributed by atoms with Gasteiger partial charge < -0.3 is 14.5 Å². The van der Waals surface area contributed by atoms with Crippen LogP contribution in [0.5, 0.6) is 5.75 Å². The van der Waals surface area contributed by atoms with Crippen molar-refractivity contribution >= 4 is 29.2 Å². The molecule has 0 radical (unpaired) electrons. The summed E-state index contributed by atoms with van der Waals surface area (Å²) in [4.78, 5) is 7.83. The molecule has 2 aromatic rings. The Bertz CT molecular complexity index is 1340. The molecule has 1 saturated carbocycles. The molecular weight excluding hydrogens is 593 g/mol. The number of allylic oxidation sites excluding steroid dienone is 2. The minimum Gasteiger partial charge on any atom is -0.457 e. The summed E-state index contributed by atoms with van der Waals surface area (Å²) in [6.07, 6.45) is 20.3. The molecule has 2 aromatic carbocycles. The molecule has 0 spiro atoms. The molecule has 0 amide bonds. The number of aryl methyl sites for hydroxylation is 1. The minimum absolute atomic E-state index is 0.757. The van der Waals surface area contributed by atoms with Gasteiger partial charge in [-0.2, -0.15) is 0 Å². The Kier molecular flexibility index (Phi) is 15.4. The second-order valence-corrected chi connectivity index (χ2v) is 15.1. The van der Waals surface area contributed by atoms with E-state index in [1.165, 1.54) is 122 Å². The van der Waals surface area contributed by atoms with Crippen LogP contribution >= 0.6 is 11.8 Å². The summed E-state index contributed by atoms with van der Waals surface area (Å²) in [6, 6.07) is 14.0. The molecule has 0 N–H and O–H groups in total. The van der Waals surface area contributed by atoms with Gasteiger partial charge in [0.2, 0.25) is 0 Å². The van der Waals surface area contributed by atoms with Crippen LogP contribution in [0.15, 0.2) is 69.7 Å². The van der Waals surface area contributed by atoms with Gasteiger partial charge in [-0.25, -0.2) is 0 Å². The number of hydrogen-bond donors (Lipinski definition) is 0. The molecule has 2 aliphatic rings. The Hall–Kier alpha value is -2.59. The molecule has 0 saturated heterocycles. The second kappa shape index (κ2) is 19.4. The van der Waals surface area contributed by atoms with E-state index in [9.17, 15) is 0 Å². The number of unbranched alkanes of at least 4 members (excludes halogenated alkanes) is 5. The summed E-state index contributed by atoms with van der Waals surface area (Å²) in [7, 11) is 0. The molecule has 3 nitrogen and oxygen atoms in total. The summed E-state index contributed by atoms with van der Waals surface area (Å²) >= 11 is 1.89. The Labute approximate surface area is 292 Å². The molecule has 47 heavy (non-hydrogen) atoms. The third kappa shape index (κ3) is 10.7. The zero-order valence-corrected chi connectivity index (χ0v) is 31.6. The number of benzene rings is 2. The predicted molar refractivity (Wildman–Crippen MR) is 209 cm³/mol. The van der Waals surface area contributed by atoms with Crippen molar-refractivity contribution in [1.29, 1.82) is 0 Å². The average molecular weight is 657 g/mol. The summed E-state index contributed by atoms with van der Waals surface area (Å²) < 4.78 is 6.62. The van der Waals surface area contributed by atoms with Gasteiger partial charge in [-0.15, -0.1) is 0 Å². The van der Waals surface area contributed by atoms with Crippen molar-refractivity contribution in [1.82, 2.24) is 0 Å². The first kappa shape index (κ1) is 37.2. The van der Waals surface area contributed by atoms with Crippen molar-refractivity contribution in [3.05, 3.63) is 75.9 Å². The summed E-state index contributed by atoms with van der Waals surface area (Å²) in [5.74, 6) is 2.51. The SMILES string of the molecule is C=C1Oc2cc(N(CCCCCC)CC3CCCCC3)ccc2C=C1/C(Sc1cc(N(CCCC)CCCC)ccc1C)=C(\C)CC. The van der Waals surface area contributed by atoms with E-state index in [-0.39, 0.29) is 0 Å². The maximum absolute atomic E-state index is 6.62. The maximum atomic E-state index is 6.62. The molecule has 0 aromatic heterocycles. The van der Waals surface area contributed by atoms with E-state index in [0.717, 1.165) is 54.6 Å². The Balaban J connectivity index is 1.61. The van der Waals surface area contributed by atoms with Crippen LogP contribution in [0.1, 0.15) is 136 Å². The second-order valence-electron chi connectivity index (χ2n) is 14.0. The summed E-state index contributed by atoms with van der Waals surface area (Å²) in [6.45, 7) is 22.6. The molecule has 1 aliphatic heterocycles. The third-order valence-corrected chi connectivity index (χ3v) is 11.6. The fourth-order valence-electron chi connectivity index (χ4n) is 6.89. The van der Waals surface area contributed by atoms with E-state index in [4.69, 9.17) is 4.74 Å². The van der Waals surface area contributed by atoms with Crippen molar-refractivity contribution in [2.45, 2.75) is 136 Å². The molecule has 1 heterocycles. The van der Waals surface area contributed by atoms with Gasteiger partial charge in [0.25, 0.3) is 0 Å². The van der Waals surface area contributed by atoms with Crippen LogP contribution in [0.2, 0.25) is 0 Å². The van der Waals surface area contributed by atoms with Crippen molar-refractivity contribution in [3.8, 4) is 5.75 Å². The topological polar surface area (TPSA) is 15.7 Å². The highest BCUT2D eigenvalue weighted by molar-refractivity contribution is 8.03. The molecule has 258 valence electrons. The standard InChI is InChI=1S/C43H64N2OS/c1-8-12-15-19-28-45(32-36-20-17-16-18-21-36)38-25-23-37-29-40(35(7)46-41(37)30-38)43(33(5)11-4)47-42-31-39(24-22-34(42)6)44(26-13-9-2)27-14-10-3/h22-25,29-31,36H,7-21,26-28,32H2,1-6H3/b43-33-. The van der Waals surface area contributed by atoms with Gasteiger partial charge in [0.1, 0.15) is 11.5 Å². The fourth-order valence-corrected chi connectivity index (χ4v) is 8.12. The molecule has 1 aliphatic carbocycles. The molecule has 1 fully saturated rings. The van der Waals surface area contributed by atoms with Gasteiger partial charge in [-0.05, 0) is 94.2 Å². The molecular formula is C43H64N2OS. The van der Waals surface area contributed by atoms with Crippen LogP contribution in [0.4, 0.5) is 11.4 Å². The zero-order chi connectivity index (χ0) is 33.6. The first-order valence-electron chi connectivity index (χ1n) is 19.1. The van der Waals surface area contributed by atoms with Gasteiger partial charge in [0, 0.05) is 64.6 Å². The summed E-state index contributed by atoms with van der Waals surface area (Å²) in [5, 5.41) is 0. The van der Waals surface area contributed by atoms with E-state index < -0.39 is 0 Å². The van der Waals surface area contributed by atoms with E-state index >= 15 is 0 Å². The van der Waals surface area contributed by atoms with Crippen LogP contribution in [-0.2, 0) is 0 Å². The highest BCUT2D eigenvalue weighted by Crippen LogP contribution is 2.45. The van der Waals surface area contributed by atoms with Crippen LogP contribution in [-0.4, -0.2) is 26.2 Å². The van der Waals surface area contributed by atoms with Crippen LogP contribution in [0, 0.1) is 12.8 Å². The number of hydrogen-bond acceptors (Lipinski definition) is 4. The van der Waals surface area contributed by atoms with Crippen LogP contribution < -0.4 is 14.5 Å². The predicted octanol–water partition coefficient (Wildman–Crippen LogP) is 13.1. The molecule has 4 rings (SSSR count). The number of fused-ring (bicyclic) bond motifs is 1. The molecule has 0 bridgehead atoms. The highest BCUT2D eigenvalue weighted by atomic mass is 32.2. The van der Waals surface area contributed by atoms with Gasteiger partial charge in [0.05, 0.1) is 0 Å². The van der Waals surface area contributed by atoms with E-state index in [2.05, 4.69) is 100 Å². The van der Waals surface area contributed by atoms with E-state index in [1.54, 1.807) is 0 Å². The lowest BCUT2D eigenvalue weighted by Gasteiger charge is -2.32. The minimum atomic E-state index is 0.757. The van der Waals surface area contributed by atoms with E-state index in [1.807, 2.05) is 11.8 Å². The normalized spacial score (nSPS) is 15.5. The van der Waals surface area contributed by atoms with Crippen molar-refractivity contribution in [3.63, 3.8) is 0 Å². The van der Waals surface area contributed by atoms with Crippen molar-refractivity contribution in [2.24, 2.45) is 5.92 Å². The third-order valence-electron chi connectivity index (χ3n) is 10.2. The lowest BCUT2D eigenvalue weighted by Crippen LogP contribution is -2.31. The highest BCUT2D eigenvalue weighted by Gasteiger charge is 2.24. The molecule has 0 unspecified atom stereocenters. The van der Waals surface area contributed by atoms with E-state index in [0.29, 0.717) is 0 Å². The van der Waals surface area contributed by atoms with Gasteiger partial charge in [-0.1, -0.05) is 109 Å². The number of nitrogens with zero attached hydrogens (tertiary/aromatic N) is 2. The van der Waals surface area contributed by atoms with Crippen molar-refractivity contribution in [2.75, 3.05) is 36.0 Å². The van der Waals surface area contributed by atoms with Crippen LogP contribution in [0.3, 0.4) is 0 Å². The molecule has 0 atom stereocenters. The first-order valence-corrected chi connectivity index (χ1v) is 19.9. The molecule has 4 heteroatoms. The van der Waals surface area contributed by atoms with Crippen molar-refractivity contribution < 1.29 is 4.74 Å². The largest absolute Gasteiger partial charge is 0.457 e. The lowest BCUT2D eigenvalue weighted by molar-refractivity contribution is 0.357. The van der Waals surface area contributed by atoms with Gasteiger partial charge >= 0.3 is 0 Å². The summed E-state index contributed by atoms with van der Waals surface area (Å²) in [5.41, 5.74) is 7.59. The first-order chi connectivity index (χ1) is 22.9. The van der Waals surface area contributed by atoms with Gasteiger partial charge in [0.15, 0.2) is 0 Å². The smallest absolute Gasteiger partial charge is 0.136 e. The fraction of sp³-hybridized carbons (Fsp3) is 0.581.